The van der Waals surface area contributed by atoms with E-state index in [0.29, 0.717) is 4.73 Å². The molecule has 0 bridgehead atoms. The zero-order valence-corrected chi connectivity index (χ0v) is 8.40. The molecule has 0 atom stereocenters. The van der Waals surface area contributed by atoms with E-state index in [1.807, 2.05) is 0 Å². The van der Waals surface area contributed by atoms with Gasteiger partial charge < -0.3 is 5.21 Å². The Morgan fingerprint density at radius 3 is 1.87 bits per heavy atom. The molecular formula is C9H11N3O3. The summed E-state index contributed by atoms with van der Waals surface area (Å²) in [6, 6.07) is 4.45. The third kappa shape index (κ3) is 2.94. The summed E-state index contributed by atoms with van der Waals surface area (Å²) in [7, 11) is 0. The van der Waals surface area contributed by atoms with Crippen molar-refractivity contribution in [2.45, 2.75) is 13.8 Å². The number of nitrogens with one attached hydrogen (secondary N) is 2. The van der Waals surface area contributed by atoms with Crippen molar-refractivity contribution in [1.82, 2.24) is 0 Å². The number of aromatic nitrogens is 1. The van der Waals surface area contributed by atoms with E-state index in [9.17, 15) is 14.8 Å². The third-order valence-corrected chi connectivity index (χ3v) is 1.55. The molecule has 6 nitrogen and oxygen atoms in total. The molecule has 0 fully saturated rings. The number of hydrogen-bond donors (Lipinski definition) is 2. The topological polar surface area (TPSA) is 85.1 Å². The molecule has 0 spiro atoms. The maximum absolute atomic E-state index is 11.5. The van der Waals surface area contributed by atoms with Crippen LogP contribution >= 0.6 is 0 Å². The van der Waals surface area contributed by atoms with Crippen LogP contribution in [0.4, 0.5) is 11.6 Å². The van der Waals surface area contributed by atoms with Crippen LogP contribution in [-0.2, 0) is 9.59 Å². The van der Waals surface area contributed by atoms with E-state index in [1.165, 1.54) is 26.0 Å². The van der Waals surface area contributed by atoms with Crippen LogP contribution in [0.2, 0.25) is 0 Å². The normalized spacial score (nSPS) is 9.47. The molecule has 2 N–H and O–H groups in total. The third-order valence-electron chi connectivity index (χ3n) is 1.55. The first kappa shape index (κ1) is 11.0. The largest absolute Gasteiger partial charge is 0.740 e. The lowest BCUT2D eigenvalue weighted by Crippen LogP contribution is -2.36. The van der Waals surface area contributed by atoms with Gasteiger partial charge in [-0.05, 0) is 6.07 Å². The average Bonchev–Trinajstić information content (AvgIpc) is 2.10. The van der Waals surface area contributed by atoms with Gasteiger partial charge in [0.2, 0.25) is 11.6 Å². The summed E-state index contributed by atoms with van der Waals surface area (Å²) in [5.74, 6) is -0.540. The molecule has 0 aliphatic heterocycles. The van der Waals surface area contributed by atoms with E-state index < -0.39 is 0 Å². The summed E-state index contributed by atoms with van der Waals surface area (Å²) >= 11 is 0. The monoisotopic (exact) mass is 209 g/mol. The molecule has 15 heavy (non-hydrogen) atoms. The maximum atomic E-state index is 11.5. The second-order valence-corrected chi connectivity index (χ2v) is 2.95. The maximum Gasteiger partial charge on any atom is 0.277 e. The molecule has 2 amide bonds. The minimum Gasteiger partial charge on any atom is -0.740 e. The van der Waals surface area contributed by atoms with Crippen LogP contribution in [0.15, 0.2) is 18.2 Å². The van der Waals surface area contributed by atoms with Crippen LogP contribution in [0.3, 0.4) is 0 Å². The molecule has 0 saturated heterocycles. The fourth-order valence-corrected chi connectivity index (χ4v) is 1.04. The lowest BCUT2D eigenvalue weighted by atomic mass is 10.4. The first-order chi connectivity index (χ1) is 7.00. The molecule has 0 aromatic carbocycles. The van der Waals surface area contributed by atoms with Crippen LogP contribution in [0, 0.1) is 5.21 Å². The highest BCUT2D eigenvalue weighted by Gasteiger charge is 2.09. The number of hydrogen-bond acceptors (Lipinski definition) is 3. The summed E-state index contributed by atoms with van der Waals surface area (Å²) in [5.41, 5.74) is 0. The fraction of sp³-hybridized carbons (Fsp3) is 0.222. The van der Waals surface area contributed by atoms with Gasteiger partial charge in [0.05, 0.1) is 0 Å². The Bertz CT molecular complexity index is 369. The summed E-state index contributed by atoms with van der Waals surface area (Å²) in [4.78, 5) is 21.5. The van der Waals surface area contributed by atoms with Crippen LogP contribution in [0.5, 0.6) is 0 Å². The van der Waals surface area contributed by atoms with E-state index in [2.05, 4.69) is 10.6 Å². The Balaban J connectivity index is 2.99. The van der Waals surface area contributed by atoms with Gasteiger partial charge in [-0.25, -0.2) is 15.4 Å². The number of carbonyl (C=O) groups is 2. The van der Waals surface area contributed by atoms with Crippen molar-refractivity contribution in [2.75, 3.05) is 10.6 Å². The van der Waals surface area contributed by atoms with Crippen molar-refractivity contribution in [3.63, 3.8) is 0 Å². The van der Waals surface area contributed by atoms with Gasteiger partial charge in [0.1, 0.15) is 0 Å². The van der Waals surface area contributed by atoms with Crippen LogP contribution in [-0.4, -0.2) is 11.8 Å². The lowest BCUT2D eigenvalue weighted by Gasteiger charge is -2.13. The van der Waals surface area contributed by atoms with Gasteiger partial charge >= 0.3 is 0 Å². The summed E-state index contributed by atoms with van der Waals surface area (Å²) in [6.45, 7) is 2.59. The SMILES string of the molecule is CC(=O)Nc1cccc(NC(C)=O)[n+]1[O-]. The molecule has 1 aromatic heterocycles. The van der Waals surface area contributed by atoms with Crippen molar-refractivity contribution in [2.24, 2.45) is 0 Å². The van der Waals surface area contributed by atoms with E-state index in [4.69, 9.17) is 0 Å². The Kier molecular flexibility index (Phi) is 3.22. The van der Waals surface area contributed by atoms with E-state index in [1.54, 1.807) is 6.07 Å². The van der Waals surface area contributed by atoms with Crippen molar-refractivity contribution in [3.05, 3.63) is 23.4 Å². The average molecular weight is 209 g/mol. The van der Waals surface area contributed by atoms with E-state index >= 15 is 0 Å². The van der Waals surface area contributed by atoms with Gasteiger partial charge in [-0.2, -0.15) is 0 Å². The molecule has 1 aromatic rings. The molecule has 80 valence electrons. The van der Waals surface area contributed by atoms with Gasteiger partial charge in [0.25, 0.3) is 11.8 Å². The van der Waals surface area contributed by atoms with Crippen LogP contribution in [0.25, 0.3) is 0 Å². The zero-order chi connectivity index (χ0) is 11.4. The van der Waals surface area contributed by atoms with Crippen LogP contribution in [0.1, 0.15) is 13.8 Å². The first-order valence-electron chi connectivity index (χ1n) is 4.28. The minimum atomic E-state index is -0.348. The number of rotatable bonds is 2. The summed E-state index contributed by atoms with van der Waals surface area (Å²) < 4.78 is 0.447. The molecule has 1 rings (SSSR count). The van der Waals surface area contributed by atoms with Crippen molar-refractivity contribution in [3.8, 4) is 0 Å². The highest BCUT2D eigenvalue weighted by atomic mass is 16.5. The predicted molar refractivity (Wildman–Crippen MR) is 54.0 cm³/mol. The Hall–Kier alpha value is -2.11. The molecule has 1 heterocycles. The molecule has 0 saturated carbocycles. The van der Waals surface area contributed by atoms with Gasteiger partial charge in [0.15, 0.2) is 0 Å². The number of amides is 2. The van der Waals surface area contributed by atoms with Gasteiger partial charge in [-0.15, -0.1) is 0 Å². The molecule has 0 aliphatic carbocycles. The number of anilines is 2. The highest BCUT2D eigenvalue weighted by Crippen LogP contribution is 2.05. The van der Waals surface area contributed by atoms with Crippen molar-refractivity contribution in [1.29, 1.82) is 0 Å². The van der Waals surface area contributed by atoms with Crippen LogP contribution < -0.4 is 15.4 Å². The lowest BCUT2D eigenvalue weighted by molar-refractivity contribution is -0.574. The van der Waals surface area contributed by atoms with Gasteiger partial charge in [-0.1, -0.05) is 0 Å². The molecule has 0 radical (unpaired) electrons. The van der Waals surface area contributed by atoms with E-state index in [-0.39, 0.29) is 23.5 Å². The minimum absolute atomic E-state index is 0.0775. The second-order valence-electron chi connectivity index (χ2n) is 2.95. The second kappa shape index (κ2) is 4.41. The number of carbonyl (C=O) groups excluding carboxylic acids is 2. The fourth-order valence-electron chi connectivity index (χ4n) is 1.04. The summed E-state index contributed by atoms with van der Waals surface area (Å²) in [5, 5.41) is 16.2. The zero-order valence-electron chi connectivity index (χ0n) is 8.40. The molecule has 0 unspecified atom stereocenters. The number of pyridine rings is 1. The van der Waals surface area contributed by atoms with Crippen molar-refractivity contribution >= 4 is 23.5 Å². The van der Waals surface area contributed by atoms with Gasteiger partial charge in [0, 0.05) is 26.0 Å². The highest BCUT2D eigenvalue weighted by molar-refractivity contribution is 5.88. The molecule has 0 aliphatic rings. The van der Waals surface area contributed by atoms with Crippen molar-refractivity contribution < 1.29 is 14.3 Å². The van der Waals surface area contributed by atoms with Gasteiger partial charge in [-0.3, -0.25) is 9.59 Å². The summed E-state index contributed by atoms with van der Waals surface area (Å²) in [6.07, 6.45) is 0. The first-order valence-corrected chi connectivity index (χ1v) is 4.28. The predicted octanol–water partition coefficient (Wildman–Crippen LogP) is 0.237. The smallest absolute Gasteiger partial charge is 0.277 e. The molecule has 6 heteroatoms. The molecular weight excluding hydrogens is 198 g/mol. The Morgan fingerprint density at radius 1 is 1.13 bits per heavy atom. The quantitative estimate of drug-likeness (QED) is 0.540. The Labute approximate surface area is 86.5 Å². The standard InChI is InChI=1S/C9H11N3O3/c1-6(13)10-8-4-3-5-9(12(8)15)11-7(2)14/h3-5H,1-2H3,(H,10,13)(H,11,14). The van der Waals surface area contributed by atoms with E-state index in [0.717, 1.165) is 0 Å². The number of nitrogens with zero attached hydrogens (tertiary/aromatic N) is 1. The Morgan fingerprint density at radius 2 is 1.53 bits per heavy atom.